The van der Waals surface area contributed by atoms with Crippen molar-refractivity contribution in [2.24, 2.45) is 0 Å². The lowest BCUT2D eigenvalue weighted by Crippen LogP contribution is -2.29. The van der Waals surface area contributed by atoms with Gasteiger partial charge in [0.25, 0.3) is 0 Å². The van der Waals surface area contributed by atoms with E-state index >= 15 is 0 Å². The molecular formula is C28H26N4O2S. The van der Waals surface area contributed by atoms with E-state index in [9.17, 15) is 0 Å². The van der Waals surface area contributed by atoms with Crippen LogP contribution in [0.3, 0.4) is 0 Å². The van der Waals surface area contributed by atoms with Gasteiger partial charge in [0.2, 0.25) is 6.79 Å². The lowest BCUT2D eigenvalue weighted by Gasteiger charge is -2.28. The molecule has 0 amide bonds. The van der Waals surface area contributed by atoms with Crippen LogP contribution >= 0.6 is 12.2 Å². The maximum absolute atomic E-state index is 5.90. The summed E-state index contributed by atoms with van der Waals surface area (Å²) in [7, 11) is 0. The molecule has 1 fully saturated rings. The van der Waals surface area contributed by atoms with Crippen molar-refractivity contribution < 1.29 is 9.47 Å². The highest BCUT2D eigenvalue weighted by molar-refractivity contribution is 7.80. The van der Waals surface area contributed by atoms with Gasteiger partial charge in [0, 0.05) is 35.0 Å². The second-order valence-corrected chi connectivity index (χ2v) is 9.42. The summed E-state index contributed by atoms with van der Waals surface area (Å²) in [5.74, 6) is 1.48. The van der Waals surface area contributed by atoms with Crippen LogP contribution in [0.4, 0.5) is 5.69 Å². The first-order chi connectivity index (χ1) is 17.0. The number of fused-ring (bicyclic) bond motifs is 1. The molecule has 6 rings (SSSR count). The van der Waals surface area contributed by atoms with E-state index in [1.807, 2.05) is 36.5 Å². The number of pyridine rings is 1. The van der Waals surface area contributed by atoms with Gasteiger partial charge in [-0.1, -0.05) is 23.8 Å². The van der Waals surface area contributed by atoms with Crippen molar-refractivity contribution in [3.8, 4) is 17.2 Å². The van der Waals surface area contributed by atoms with Crippen molar-refractivity contribution in [3.05, 3.63) is 101 Å². The van der Waals surface area contributed by atoms with Crippen LogP contribution in [0.15, 0.2) is 72.9 Å². The van der Waals surface area contributed by atoms with E-state index in [4.69, 9.17) is 21.7 Å². The van der Waals surface area contributed by atoms with Crippen molar-refractivity contribution in [2.75, 3.05) is 11.7 Å². The van der Waals surface area contributed by atoms with Crippen LogP contribution in [0, 0.1) is 20.8 Å². The van der Waals surface area contributed by atoms with Gasteiger partial charge in [-0.3, -0.25) is 4.98 Å². The summed E-state index contributed by atoms with van der Waals surface area (Å²) in [6, 6.07) is 22.7. The van der Waals surface area contributed by atoms with Gasteiger partial charge >= 0.3 is 0 Å². The van der Waals surface area contributed by atoms with E-state index in [-0.39, 0.29) is 18.9 Å². The third-order valence-corrected chi connectivity index (χ3v) is 7.13. The average Bonchev–Trinajstić information content (AvgIpc) is 3.55. The van der Waals surface area contributed by atoms with Crippen molar-refractivity contribution in [1.29, 1.82) is 0 Å². The molecule has 0 radical (unpaired) electrons. The molecule has 4 heterocycles. The summed E-state index contributed by atoms with van der Waals surface area (Å²) in [6.45, 7) is 6.67. The predicted octanol–water partition coefficient (Wildman–Crippen LogP) is 5.70. The average molecular weight is 483 g/mol. The first-order valence-electron chi connectivity index (χ1n) is 11.7. The molecule has 0 spiro atoms. The first-order valence-corrected chi connectivity index (χ1v) is 12.1. The Hall–Kier alpha value is -3.84. The van der Waals surface area contributed by atoms with Crippen LogP contribution < -0.4 is 19.7 Å². The minimum absolute atomic E-state index is 0.0943. The topological polar surface area (TPSA) is 51.6 Å². The molecule has 35 heavy (non-hydrogen) atoms. The number of benzene rings is 2. The SMILES string of the molecule is Cc1ccc(-n2c(C)cc([C@H]3[C@H](c4ccccn4)NC(=S)N3c3ccc4c(c3)OCO4)c2C)cc1. The highest BCUT2D eigenvalue weighted by Crippen LogP contribution is 2.46. The summed E-state index contributed by atoms with van der Waals surface area (Å²) in [5.41, 5.74) is 7.83. The number of nitrogens with one attached hydrogen (secondary N) is 1. The molecule has 176 valence electrons. The lowest BCUT2D eigenvalue weighted by atomic mass is 9.96. The van der Waals surface area contributed by atoms with Gasteiger partial charge in [-0.25, -0.2) is 0 Å². The number of ether oxygens (including phenoxy) is 2. The summed E-state index contributed by atoms with van der Waals surface area (Å²) in [4.78, 5) is 6.86. The molecule has 1 saturated heterocycles. The van der Waals surface area contributed by atoms with Crippen LogP contribution in [-0.4, -0.2) is 21.5 Å². The second-order valence-electron chi connectivity index (χ2n) is 9.03. The fourth-order valence-electron chi connectivity index (χ4n) is 5.16. The highest BCUT2D eigenvalue weighted by atomic mass is 32.1. The van der Waals surface area contributed by atoms with Gasteiger partial charge < -0.3 is 24.3 Å². The molecule has 2 aromatic carbocycles. The van der Waals surface area contributed by atoms with Gasteiger partial charge in [-0.15, -0.1) is 0 Å². The number of rotatable bonds is 4. The molecule has 0 unspecified atom stereocenters. The maximum atomic E-state index is 5.90. The van der Waals surface area contributed by atoms with Crippen LogP contribution in [0.1, 0.15) is 40.3 Å². The van der Waals surface area contributed by atoms with E-state index in [1.54, 1.807) is 0 Å². The smallest absolute Gasteiger partial charge is 0.231 e. The third-order valence-electron chi connectivity index (χ3n) is 6.81. The van der Waals surface area contributed by atoms with Gasteiger partial charge in [-0.2, -0.15) is 0 Å². The fourth-order valence-corrected chi connectivity index (χ4v) is 5.51. The normalized spacial score (nSPS) is 18.7. The number of nitrogens with zero attached hydrogens (tertiary/aromatic N) is 3. The molecule has 2 atom stereocenters. The van der Waals surface area contributed by atoms with E-state index in [1.165, 1.54) is 22.5 Å². The molecule has 0 aliphatic carbocycles. The number of aryl methyl sites for hydroxylation is 2. The molecule has 1 N–H and O–H groups in total. The molecule has 0 saturated carbocycles. The Balaban J connectivity index is 1.51. The Bertz CT molecular complexity index is 1420. The zero-order chi connectivity index (χ0) is 24.1. The van der Waals surface area contributed by atoms with Crippen molar-refractivity contribution >= 4 is 23.0 Å². The van der Waals surface area contributed by atoms with Gasteiger partial charge in [0.1, 0.15) is 0 Å². The first kappa shape index (κ1) is 21.7. The Kier molecular flexibility index (Phi) is 5.22. The Morgan fingerprint density at radius 1 is 0.914 bits per heavy atom. The van der Waals surface area contributed by atoms with Gasteiger partial charge in [-0.05, 0) is 81.0 Å². The Morgan fingerprint density at radius 2 is 1.69 bits per heavy atom. The van der Waals surface area contributed by atoms with Crippen LogP contribution in [0.25, 0.3) is 5.69 Å². The van der Waals surface area contributed by atoms with Gasteiger partial charge in [0.15, 0.2) is 16.6 Å². The van der Waals surface area contributed by atoms with Crippen LogP contribution in [0.2, 0.25) is 0 Å². The predicted molar refractivity (Wildman–Crippen MR) is 140 cm³/mol. The number of hydrogen-bond acceptors (Lipinski definition) is 4. The summed E-state index contributed by atoms with van der Waals surface area (Å²) < 4.78 is 13.5. The molecule has 2 aliphatic heterocycles. The zero-order valence-corrected chi connectivity index (χ0v) is 20.7. The Morgan fingerprint density at radius 3 is 2.46 bits per heavy atom. The number of aromatic nitrogens is 2. The molecule has 2 aliphatic rings. The van der Waals surface area contributed by atoms with Crippen molar-refractivity contribution in [3.63, 3.8) is 0 Å². The molecule has 0 bridgehead atoms. The molecule has 6 nitrogen and oxygen atoms in total. The largest absolute Gasteiger partial charge is 0.454 e. The minimum Gasteiger partial charge on any atom is -0.454 e. The standard InChI is InChI=1S/C28H26N4O2S/c1-17-7-9-20(10-8-17)31-18(2)14-22(19(31)3)27-26(23-6-4-5-13-29-23)30-28(35)32(27)21-11-12-24-25(15-21)34-16-33-24/h4-15,26-27H,16H2,1-3H3,(H,30,35)/t26-,27-/m0/s1. The monoisotopic (exact) mass is 482 g/mol. The third kappa shape index (κ3) is 3.63. The second kappa shape index (κ2) is 8.43. The van der Waals surface area contributed by atoms with E-state index in [2.05, 4.69) is 76.9 Å². The Labute approximate surface area is 210 Å². The zero-order valence-electron chi connectivity index (χ0n) is 19.9. The summed E-state index contributed by atoms with van der Waals surface area (Å²) in [5, 5.41) is 4.21. The summed E-state index contributed by atoms with van der Waals surface area (Å²) >= 11 is 5.90. The van der Waals surface area contributed by atoms with Crippen molar-refractivity contribution in [1.82, 2.24) is 14.9 Å². The van der Waals surface area contributed by atoms with Gasteiger partial charge in [0.05, 0.1) is 17.8 Å². The van der Waals surface area contributed by atoms with E-state index in [0.717, 1.165) is 28.6 Å². The number of anilines is 1. The quantitative estimate of drug-likeness (QED) is 0.377. The molecule has 4 aromatic rings. The molecular weight excluding hydrogens is 456 g/mol. The number of hydrogen-bond donors (Lipinski definition) is 1. The minimum atomic E-state index is -0.110. The maximum Gasteiger partial charge on any atom is 0.231 e. The molecule has 2 aromatic heterocycles. The molecule has 7 heteroatoms. The summed E-state index contributed by atoms with van der Waals surface area (Å²) in [6.07, 6.45) is 1.83. The highest BCUT2D eigenvalue weighted by Gasteiger charge is 2.42. The van der Waals surface area contributed by atoms with Crippen LogP contribution in [-0.2, 0) is 0 Å². The fraction of sp³-hybridized carbons (Fsp3) is 0.214. The van der Waals surface area contributed by atoms with E-state index < -0.39 is 0 Å². The number of thiocarbonyl (C=S) groups is 1. The lowest BCUT2D eigenvalue weighted by molar-refractivity contribution is 0.174. The van der Waals surface area contributed by atoms with E-state index in [0.29, 0.717) is 5.11 Å². The van der Waals surface area contributed by atoms with Crippen molar-refractivity contribution in [2.45, 2.75) is 32.9 Å². The van der Waals surface area contributed by atoms with Crippen LogP contribution in [0.5, 0.6) is 11.5 Å².